The maximum atomic E-state index is 12.7. The predicted octanol–water partition coefficient (Wildman–Crippen LogP) is 4.13. The molecule has 1 amide bonds. The molecule has 0 N–H and O–H groups in total. The van der Waals surface area contributed by atoms with E-state index >= 15 is 0 Å². The molecule has 0 spiro atoms. The molecule has 0 aliphatic rings. The standard InChI is InChI=1S/C18H20F2N2O2/c1-11-8-15(9-12(2)16(11)24-18(19)20)17(23)22(4)13(3)14-6-5-7-21-10-14/h5-10,13,18H,1-4H3/t13-/m0/s1. The van der Waals surface area contributed by atoms with Gasteiger partial charge < -0.3 is 9.64 Å². The topological polar surface area (TPSA) is 42.4 Å². The summed E-state index contributed by atoms with van der Waals surface area (Å²) in [5.74, 6) is -0.0781. The lowest BCUT2D eigenvalue weighted by Crippen LogP contribution is -2.29. The minimum Gasteiger partial charge on any atom is -0.434 e. The smallest absolute Gasteiger partial charge is 0.387 e. The number of aryl methyl sites for hydroxylation is 2. The van der Waals surface area contributed by atoms with Crippen LogP contribution in [0.1, 0.15) is 40.0 Å². The number of carbonyl (C=O) groups excluding carboxylic acids is 1. The van der Waals surface area contributed by atoms with Gasteiger partial charge in [0.15, 0.2) is 0 Å². The van der Waals surface area contributed by atoms with Crippen LogP contribution in [-0.4, -0.2) is 29.5 Å². The Hall–Kier alpha value is -2.50. The van der Waals surface area contributed by atoms with Crippen molar-refractivity contribution < 1.29 is 18.3 Å². The van der Waals surface area contributed by atoms with Gasteiger partial charge in [-0.1, -0.05) is 6.07 Å². The van der Waals surface area contributed by atoms with Gasteiger partial charge in [-0.25, -0.2) is 0 Å². The van der Waals surface area contributed by atoms with Crippen LogP contribution < -0.4 is 4.74 Å². The molecule has 1 aromatic carbocycles. The van der Waals surface area contributed by atoms with Gasteiger partial charge >= 0.3 is 6.61 Å². The van der Waals surface area contributed by atoms with Crippen LogP contribution >= 0.6 is 0 Å². The van der Waals surface area contributed by atoms with Crippen LogP contribution in [0.4, 0.5) is 8.78 Å². The van der Waals surface area contributed by atoms with Gasteiger partial charge in [-0.15, -0.1) is 0 Å². The molecule has 0 bridgehead atoms. The highest BCUT2D eigenvalue weighted by atomic mass is 19.3. The highest BCUT2D eigenvalue weighted by molar-refractivity contribution is 5.95. The fourth-order valence-corrected chi connectivity index (χ4v) is 2.57. The van der Waals surface area contributed by atoms with E-state index in [4.69, 9.17) is 0 Å². The van der Waals surface area contributed by atoms with Gasteiger partial charge in [0.25, 0.3) is 5.91 Å². The first kappa shape index (κ1) is 17.8. The Morgan fingerprint density at radius 1 is 1.25 bits per heavy atom. The van der Waals surface area contributed by atoms with Gasteiger partial charge in [-0.05, 0) is 55.7 Å². The number of benzene rings is 1. The lowest BCUT2D eigenvalue weighted by atomic mass is 10.0. The Labute approximate surface area is 140 Å². The van der Waals surface area contributed by atoms with E-state index in [1.54, 1.807) is 50.3 Å². The number of ether oxygens (including phenoxy) is 1. The number of pyridine rings is 1. The SMILES string of the molecule is Cc1cc(C(=O)N(C)[C@@H](C)c2cccnc2)cc(C)c1OC(F)F. The predicted molar refractivity (Wildman–Crippen MR) is 87.3 cm³/mol. The molecule has 0 saturated carbocycles. The molecule has 1 atom stereocenters. The Bertz CT molecular complexity index is 697. The third kappa shape index (κ3) is 3.88. The maximum absolute atomic E-state index is 12.7. The highest BCUT2D eigenvalue weighted by Crippen LogP contribution is 2.28. The van der Waals surface area contributed by atoms with Gasteiger partial charge in [0.2, 0.25) is 0 Å². The first-order chi connectivity index (χ1) is 11.3. The maximum Gasteiger partial charge on any atom is 0.387 e. The molecule has 1 aromatic heterocycles. The normalized spacial score (nSPS) is 12.1. The number of amides is 1. The van der Waals surface area contributed by atoms with Crippen LogP contribution in [0.25, 0.3) is 0 Å². The number of hydrogen-bond donors (Lipinski definition) is 0. The van der Waals surface area contributed by atoms with Gasteiger partial charge in [-0.2, -0.15) is 8.78 Å². The van der Waals surface area contributed by atoms with E-state index in [9.17, 15) is 13.6 Å². The van der Waals surface area contributed by atoms with Crippen molar-refractivity contribution in [1.29, 1.82) is 0 Å². The summed E-state index contributed by atoms with van der Waals surface area (Å²) < 4.78 is 29.4. The summed E-state index contributed by atoms with van der Waals surface area (Å²) in [5.41, 5.74) is 2.35. The highest BCUT2D eigenvalue weighted by Gasteiger charge is 2.21. The molecule has 0 aliphatic heterocycles. The lowest BCUT2D eigenvalue weighted by Gasteiger charge is -2.25. The molecule has 0 saturated heterocycles. The second-order valence-corrected chi connectivity index (χ2v) is 5.70. The number of carbonyl (C=O) groups is 1. The Kier molecular flexibility index (Phi) is 5.49. The fourth-order valence-electron chi connectivity index (χ4n) is 2.57. The quantitative estimate of drug-likeness (QED) is 0.825. The van der Waals surface area contributed by atoms with Gasteiger partial charge in [-0.3, -0.25) is 9.78 Å². The van der Waals surface area contributed by atoms with Crippen molar-refractivity contribution in [3.63, 3.8) is 0 Å². The van der Waals surface area contributed by atoms with Crippen LogP contribution in [0, 0.1) is 13.8 Å². The molecule has 1 heterocycles. The van der Waals surface area contributed by atoms with E-state index in [0.29, 0.717) is 16.7 Å². The summed E-state index contributed by atoms with van der Waals surface area (Å²) in [5, 5.41) is 0. The van der Waals surface area contributed by atoms with Crippen molar-refractivity contribution in [2.45, 2.75) is 33.4 Å². The van der Waals surface area contributed by atoms with Crippen LogP contribution in [0.3, 0.4) is 0 Å². The van der Waals surface area contributed by atoms with E-state index in [2.05, 4.69) is 9.72 Å². The van der Waals surface area contributed by atoms with Crippen molar-refractivity contribution in [2.24, 2.45) is 0 Å². The summed E-state index contributed by atoms with van der Waals surface area (Å²) >= 11 is 0. The molecule has 128 valence electrons. The molecule has 0 radical (unpaired) electrons. The molecular weight excluding hydrogens is 314 g/mol. The van der Waals surface area contributed by atoms with E-state index in [0.717, 1.165) is 5.56 Å². The molecule has 0 fully saturated rings. The van der Waals surface area contributed by atoms with Gasteiger partial charge in [0.1, 0.15) is 5.75 Å². The molecule has 2 rings (SSSR count). The third-order valence-corrected chi connectivity index (χ3v) is 3.98. The Balaban J connectivity index is 2.26. The average molecular weight is 334 g/mol. The second kappa shape index (κ2) is 7.38. The van der Waals surface area contributed by atoms with Crippen molar-refractivity contribution in [2.75, 3.05) is 7.05 Å². The van der Waals surface area contributed by atoms with Crippen LogP contribution in [0.5, 0.6) is 5.75 Å². The zero-order valence-electron chi connectivity index (χ0n) is 14.1. The molecule has 0 aliphatic carbocycles. The zero-order chi connectivity index (χ0) is 17.9. The minimum atomic E-state index is -2.89. The molecule has 4 nitrogen and oxygen atoms in total. The van der Waals surface area contributed by atoms with Crippen molar-refractivity contribution in [1.82, 2.24) is 9.88 Å². The van der Waals surface area contributed by atoms with Crippen molar-refractivity contribution >= 4 is 5.91 Å². The van der Waals surface area contributed by atoms with Gasteiger partial charge in [0, 0.05) is 25.0 Å². The summed E-state index contributed by atoms with van der Waals surface area (Å²) in [7, 11) is 1.70. The number of alkyl halides is 2. The summed E-state index contributed by atoms with van der Waals surface area (Å²) in [6.07, 6.45) is 3.39. The number of nitrogens with zero attached hydrogens (tertiary/aromatic N) is 2. The largest absolute Gasteiger partial charge is 0.434 e. The summed E-state index contributed by atoms with van der Waals surface area (Å²) in [4.78, 5) is 18.4. The number of hydrogen-bond acceptors (Lipinski definition) is 3. The van der Waals surface area contributed by atoms with Crippen molar-refractivity contribution in [3.05, 3.63) is 58.9 Å². The lowest BCUT2D eigenvalue weighted by molar-refractivity contribution is -0.0507. The number of halogens is 2. The van der Waals surface area contributed by atoms with Crippen LogP contribution in [0.2, 0.25) is 0 Å². The average Bonchev–Trinajstić information content (AvgIpc) is 2.56. The van der Waals surface area contributed by atoms with E-state index in [1.807, 2.05) is 19.1 Å². The monoisotopic (exact) mass is 334 g/mol. The van der Waals surface area contributed by atoms with E-state index in [1.165, 1.54) is 0 Å². The van der Waals surface area contributed by atoms with Crippen LogP contribution in [-0.2, 0) is 0 Å². The molecular formula is C18H20F2N2O2. The Morgan fingerprint density at radius 3 is 2.38 bits per heavy atom. The van der Waals surface area contributed by atoms with Gasteiger partial charge in [0.05, 0.1) is 6.04 Å². The first-order valence-electron chi connectivity index (χ1n) is 7.54. The number of aromatic nitrogens is 1. The molecule has 6 heteroatoms. The minimum absolute atomic E-state index is 0.115. The molecule has 2 aromatic rings. The van der Waals surface area contributed by atoms with Crippen LogP contribution in [0.15, 0.2) is 36.7 Å². The third-order valence-electron chi connectivity index (χ3n) is 3.98. The molecule has 24 heavy (non-hydrogen) atoms. The summed E-state index contributed by atoms with van der Waals surface area (Å²) in [6, 6.07) is 6.69. The van der Waals surface area contributed by atoms with Crippen molar-refractivity contribution in [3.8, 4) is 5.75 Å². The zero-order valence-corrected chi connectivity index (χ0v) is 14.1. The number of rotatable bonds is 5. The first-order valence-corrected chi connectivity index (χ1v) is 7.54. The second-order valence-electron chi connectivity index (χ2n) is 5.70. The Morgan fingerprint density at radius 2 is 1.88 bits per heavy atom. The van der Waals surface area contributed by atoms with E-state index < -0.39 is 6.61 Å². The fraction of sp³-hybridized carbons (Fsp3) is 0.333. The summed E-state index contributed by atoms with van der Waals surface area (Å²) in [6.45, 7) is 2.30. The molecule has 0 unspecified atom stereocenters. The van der Waals surface area contributed by atoms with E-state index in [-0.39, 0.29) is 17.7 Å².